The molecule has 0 saturated carbocycles. The molecule has 0 radical (unpaired) electrons. The van der Waals surface area contributed by atoms with Gasteiger partial charge in [-0.25, -0.2) is 0 Å². The predicted molar refractivity (Wildman–Crippen MR) is 29.7 cm³/mol. The van der Waals surface area contributed by atoms with Gasteiger partial charge in [-0.15, -0.1) is 0 Å². The fourth-order valence-electron chi connectivity index (χ4n) is 0. The van der Waals surface area contributed by atoms with Gasteiger partial charge in [-0.3, -0.25) is 0 Å². The summed E-state index contributed by atoms with van der Waals surface area (Å²) < 4.78 is 39.6. The SMILES string of the molecule is O.O.O.O.O.O.O.[F][Zr]([F])([F])[F].[Zn]. The Kier molecular flexibility index (Phi) is 281. The van der Waals surface area contributed by atoms with Crippen molar-refractivity contribution in [2.45, 2.75) is 0 Å². The Morgan fingerprint density at radius 2 is 0.462 bits per heavy atom. The molecule has 90 valence electrons. The average Bonchev–Trinajstić information content (AvgIpc) is 0.722. The molecule has 0 rings (SSSR count). The molecule has 0 aromatic heterocycles. The van der Waals surface area contributed by atoms with Crippen LogP contribution in [0.4, 0.5) is 10.5 Å². The smallest absolute Gasteiger partial charge is 0 e. The van der Waals surface area contributed by atoms with Crippen LogP contribution < -0.4 is 0 Å². The van der Waals surface area contributed by atoms with Gasteiger partial charge in [-0.2, -0.15) is 0 Å². The molecule has 0 aliphatic rings. The van der Waals surface area contributed by atoms with Gasteiger partial charge in [0, 0.05) is 19.5 Å². The first kappa shape index (κ1) is 95.5. The quantitative estimate of drug-likeness (QED) is 0.297. The van der Waals surface area contributed by atoms with Crippen molar-refractivity contribution >= 4 is 0 Å². The summed E-state index contributed by atoms with van der Waals surface area (Å²) >= 11 is -7.18. The maximum Gasteiger partial charge on any atom is 0 e. The second kappa shape index (κ2) is 38.3. The van der Waals surface area contributed by atoms with E-state index in [0.717, 1.165) is 0 Å². The van der Waals surface area contributed by atoms with Crippen molar-refractivity contribution in [1.29, 1.82) is 0 Å². The van der Waals surface area contributed by atoms with Crippen LogP contribution in [0.3, 0.4) is 0 Å². The first-order chi connectivity index (χ1) is 2.00. The van der Waals surface area contributed by atoms with Gasteiger partial charge in [0.1, 0.15) is 0 Å². The first-order valence-corrected chi connectivity index (χ1v) is 4.47. The minimum absolute atomic E-state index is 0. The zero-order valence-corrected chi connectivity index (χ0v) is 11.6. The summed E-state index contributed by atoms with van der Waals surface area (Å²) in [5.74, 6) is 0. The molecular formula is H14F4O7ZnZr. The Hall–Kier alpha value is 0.946. The van der Waals surface area contributed by atoms with E-state index in [-0.39, 0.29) is 57.8 Å². The Labute approximate surface area is 91.0 Å². The Bertz CT molecular complexity index is 36.0. The molecule has 0 spiro atoms. The fourth-order valence-corrected chi connectivity index (χ4v) is 0. The summed E-state index contributed by atoms with van der Waals surface area (Å²) in [4.78, 5) is 0. The predicted octanol–water partition coefficient (Wildman–Crippen LogP) is -4.10. The van der Waals surface area contributed by atoms with Crippen molar-refractivity contribution in [2.24, 2.45) is 0 Å². The van der Waals surface area contributed by atoms with E-state index in [1.165, 1.54) is 0 Å². The molecule has 0 fully saturated rings. The van der Waals surface area contributed by atoms with Crippen LogP contribution in [0, 0.1) is 0 Å². The molecule has 0 aromatic carbocycles. The van der Waals surface area contributed by atoms with Crippen molar-refractivity contribution in [3.63, 3.8) is 0 Å². The van der Waals surface area contributed by atoms with Crippen LogP contribution in [0.15, 0.2) is 0 Å². The van der Waals surface area contributed by atoms with E-state index in [9.17, 15) is 10.5 Å². The Morgan fingerprint density at radius 3 is 0.462 bits per heavy atom. The van der Waals surface area contributed by atoms with Crippen molar-refractivity contribution in [2.75, 3.05) is 0 Å². The summed E-state index contributed by atoms with van der Waals surface area (Å²) in [6.07, 6.45) is 0. The van der Waals surface area contributed by atoms with E-state index in [4.69, 9.17) is 0 Å². The minimum Gasteiger partial charge on any atom is 0 e. The maximum atomic E-state index is 9.90. The summed E-state index contributed by atoms with van der Waals surface area (Å²) in [5.41, 5.74) is 0. The van der Waals surface area contributed by atoms with Crippen molar-refractivity contribution in [3.8, 4) is 0 Å². The van der Waals surface area contributed by atoms with Crippen molar-refractivity contribution in [1.82, 2.24) is 0 Å². The van der Waals surface area contributed by atoms with Gasteiger partial charge in [0.05, 0.1) is 0 Å². The summed E-state index contributed by atoms with van der Waals surface area (Å²) in [6, 6.07) is 0. The molecule has 0 amide bonds. The molecule has 0 atom stereocenters. The molecule has 0 saturated heterocycles. The third kappa shape index (κ3) is 1730. The van der Waals surface area contributed by atoms with E-state index in [0.29, 0.717) is 0 Å². The van der Waals surface area contributed by atoms with Crippen LogP contribution in [0.1, 0.15) is 0 Å². The summed E-state index contributed by atoms with van der Waals surface area (Å²) in [6.45, 7) is 0. The molecule has 0 bridgehead atoms. The second-order valence-electron chi connectivity index (χ2n) is 0.429. The standard InChI is InChI=1S/4FH.7H2O.Zn.Zr/h4*1H;7*1H2;;/q;;;;;;;;;;;;+4/p-4. The monoisotopic (exact) mass is 356 g/mol. The van der Waals surface area contributed by atoms with Crippen molar-refractivity contribution in [3.05, 3.63) is 0 Å². The molecular weight excluding hydrogens is 345 g/mol. The number of hydrogen-bond donors (Lipinski definition) is 0. The van der Waals surface area contributed by atoms with Gasteiger partial charge in [0.15, 0.2) is 0 Å². The number of halogens is 4. The average molecular weight is 359 g/mol. The Balaban J connectivity index is -0.00000000286. The summed E-state index contributed by atoms with van der Waals surface area (Å²) in [5, 5.41) is 0. The fraction of sp³-hybridized carbons (Fsp3) is 0. The molecule has 0 heterocycles. The molecule has 0 unspecified atom stereocenters. The number of hydrogen-bond acceptors (Lipinski definition) is 0. The Morgan fingerprint density at radius 1 is 0.462 bits per heavy atom. The van der Waals surface area contributed by atoms with Crippen molar-refractivity contribution < 1.29 is 91.0 Å². The van der Waals surface area contributed by atoms with Crippen LogP contribution in [0.25, 0.3) is 0 Å². The molecule has 7 nitrogen and oxygen atoms in total. The zero-order valence-electron chi connectivity index (χ0n) is 6.22. The van der Waals surface area contributed by atoms with Crippen LogP contribution in [0.5, 0.6) is 0 Å². The number of rotatable bonds is 0. The van der Waals surface area contributed by atoms with Gasteiger partial charge < -0.3 is 38.3 Å². The first-order valence-electron chi connectivity index (χ1n) is 0.756. The van der Waals surface area contributed by atoms with Gasteiger partial charge in [0.2, 0.25) is 0 Å². The van der Waals surface area contributed by atoms with Gasteiger partial charge in [-0.1, -0.05) is 0 Å². The van der Waals surface area contributed by atoms with E-state index < -0.39 is 22.7 Å². The van der Waals surface area contributed by atoms with Crippen LogP contribution in [-0.4, -0.2) is 38.3 Å². The van der Waals surface area contributed by atoms with Crippen LogP contribution in [0.2, 0.25) is 0 Å². The molecule has 0 aromatic rings. The molecule has 0 aliphatic carbocycles. The molecule has 13 heteroatoms. The van der Waals surface area contributed by atoms with E-state index in [1.54, 1.807) is 0 Å². The van der Waals surface area contributed by atoms with Gasteiger partial charge >= 0.3 is 33.2 Å². The maximum absolute atomic E-state index is 9.90. The van der Waals surface area contributed by atoms with E-state index >= 15 is 0 Å². The molecule has 13 heavy (non-hydrogen) atoms. The third-order valence-corrected chi connectivity index (χ3v) is 0. The van der Waals surface area contributed by atoms with Crippen LogP contribution >= 0.6 is 0 Å². The molecule has 14 N–H and O–H groups in total. The largest absolute Gasteiger partial charge is 0 e. The normalized spacial score (nSPS) is 4.62. The van der Waals surface area contributed by atoms with E-state index in [1.807, 2.05) is 0 Å². The topological polar surface area (TPSA) is 220 Å². The zero-order chi connectivity index (χ0) is 4.50. The van der Waals surface area contributed by atoms with Gasteiger partial charge in [-0.05, 0) is 0 Å². The van der Waals surface area contributed by atoms with Crippen LogP contribution in [-0.2, 0) is 42.2 Å². The third-order valence-electron chi connectivity index (χ3n) is 0. The van der Waals surface area contributed by atoms with E-state index in [2.05, 4.69) is 0 Å². The molecule has 0 aliphatic heterocycles. The minimum atomic E-state index is -7.18. The summed E-state index contributed by atoms with van der Waals surface area (Å²) in [7, 11) is 0. The second-order valence-corrected chi connectivity index (χ2v) is 2.54. The van der Waals surface area contributed by atoms with Gasteiger partial charge in [0.25, 0.3) is 0 Å².